The third kappa shape index (κ3) is 42.9. The number of carbonyl (C=O) groups is 1. The molecule has 0 saturated heterocycles. The summed E-state index contributed by atoms with van der Waals surface area (Å²) in [5.74, 6) is -0.175. The predicted molar refractivity (Wildman–Crippen MR) is 94.1 cm³/mol. The van der Waals surface area contributed by atoms with Crippen LogP contribution in [0, 0.1) is 0 Å². The quantitative estimate of drug-likeness (QED) is 0.384. The van der Waals surface area contributed by atoms with Crippen molar-refractivity contribution in [3.05, 3.63) is 0 Å². The van der Waals surface area contributed by atoms with E-state index in [0.29, 0.717) is 33.0 Å². The first kappa shape index (κ1) is 28.1. The topological polar surface area (TPSA) is 94.5 Å². The Kier molecular flexibility index (Phi) is 35.3. The van der Waals surface area contributed by atoms with E-state index in [-0.39, 0.29) is 19.2 Å². The monoisotopic (exact) mass is 354 g/mol. The van der Waals surface area contributed by atoms with E-state index < -0.39 is 0 Å². The highest BCUT2D eigenvalue weighted by Crippen LogP contribution is 1.93. The zero-order valence-corrected chi connectivity index (χ0v) is 15.9. The Morgan fingerprint density at radius 1 is 0.750 bits per heavy atom. The van der Waals surface area contributed by atoms with Crippen molar-refractivity contribution in [3.63, 3.8) is 0 Å². The van der Waals surface area contributed by atoms with E-state index in [1.165, 1.54) is 13.3 Å². The van der Waals surface area contributed by atoms with Crippen LogP contribution < -0.4 is 0 Å². The van der Waals surface area contributed by atoms with Gasteiger partial charge in [0.2, 0.25) is 0 Å². The highest BCUT2D eigenvalue weighted by molar-refractivity contribution is 5.65. The number of hydrogen-bond donors (Lipinski definition) is 2. The molecule has 0 bridgehead atoms. The molecule has 0 rings (SSSR count). The number of unbranched alkanes of at least 4 members (excludes halogenated alkanes) is 2. The molecular formula is C17H38O7. The van der Waals surface area contributed by atoms with Crippen LogP contribution in [0.4, 0.5) is 0 Å². The summed E-state index contributed by atoms with van der Waals surface area (Å²) in [6.45, 7) is 11.5. The molecule has 7 nitrogen and oxygen atoms in total. The van der Waals surface area contributed by atoms with E-state index >= 15 is 0 Å². The second-order valence-corrected chi connectivity index (χ2v) is 4.50. The van der Waals surface area contributed by atoms with Gasteiger partial charge in [0.25, 0.3) is 0 Å². The summed E-state index contributed by atoms with van der Waals surface area (Å²) < 4.78 is 19.3. The van der Waals surface area contributed by atoms with Crippen molar-refractivity contribution in [2.75, 3.05) is 59.5 Å². The molecule has 0 fully saturated rings. The fraction of sp³-hybridized carbons (Fsp3) is 0.941. The molecule has 0 aliphatic rings. The van der Waals surface area contributed by atoms with Gasteiger partial charge in [-0.2, -0.15) is 0 Å². The standard InChI is InChI=1S/C7H14O2.C6H14O4.C4H10O/c1-3-4-5-6-9-7(2)8;7-1-3-9-5-6-10-4-2-8;1-3-5-4-2/h3-6H2,1-2H3;7-8H,1-6H2;3-4H2,1-2H3. The molecule has 0 aromatic rings. The van der Waals surface area contributed by atoms with Crippen molar-refractivity contribution in [3.8, 4) is 0 Å². The zero-order chi connectivity index (χ0) is 18.9. The smallest absolute Gasteiger partial charge is 0.302 e. The minimum atomic E-state index is -0.175. The second-order valence-electron chi connectivity index (χ2n) is 4.50. The molecule has 0 unspecified atom stereocenters. The molecule has 0 aromatic heterocycles. The van der Waals surface area contributed by atoms with Gasteiger partial charge >= 0.3 is 5.97 Å². The van der Waals surface area contributed by atoms with E-state index in [0.717, 1.165) is 26.1 Å². The van der Waals surface area contributed by atoms with Gasteiger partial charge in [0.05, 0.1) is 46.2 Å². The molecule has 0 saturated carbocycles. The Morgan fingerprint density at radius 2 is 1.25 bits per heavy atom. The summed E-state index contributed by atoms with van der Waals surface area (Å²) in [4.78, 5) is 10.2. The summed E-state index contributed by atoms with van der Waals surface area (Å²) in [6, 6.07) is 0. The van der Waals surface area contributed by atoms with Crippen LogP contribution >= 0.6 is 0 Å². The first-order chi connectivity index (χ1) is 11.6. The molecule has 0 aliphatic carbocycles. The van der Waals surface area contributed by atoms with Gasteiger partial charge in [0, 0.05) is 20.1 Å². The van der Waals surface area contributed by atoms with E-state index in [9.17, 15) is 4.79 Å². The van der Waals surface area contributed by atoms with Crippen LogP contribution in [0.2, 0.25) is 0 Å². The second kappa shape index (κ2) is 30.2. The van der Waals surface area contributed by atoms with Gasteiger partial charge in [-0.1, -0.05) is 19.8 Å². The molecule has 0 aromatic carbocycles. The van der Waals surface area contributed by atoms with Gasteiger partial charge in [0.1, 0.15) is 0 Å². The third-order valence-electron chi connectivity index (χ3n) is 2.30. The largest absolute Gasteiger partial charge is 0.466 e. The number of ether oxygens (including phenoxy) is 4. The summed E-state index contributed by atoms with van der Waals surface area (Å²) >= 11 is 0. The molecule has 24 heavy (non-hydrogen) atoms. The summed E-state index contributed by atoms with van der Waals surface area (Å²) in [5.41, 5.74) is 0. The Hall–Kier alpha value is -0.730. The van der Waals surface area contributed by atoms with Gasteiger partial charge in [-0.25, -0.2) is 0 Å². The summed E-state index contributed by atoms with van der Waals surface area (Å²) in [7, 11) is 0. The Morgan fingerprint density at radius 3 is 1.54 bits per heavy atom. The molecule has 148 valence electrons. The lowest BCUT2D eigenvalue weighted by Crippen LogP contribution is -2.09. The average Bonchev–Trinajstić information content (AvgIpc) is 2.57. The van der Waals surface area contributed by atoms with Crippen molar-refractivity contribution in [1.29, 1.82) is 0 Å². The Bertz CT molecular complexity index is 203. The van der Waals surface area contributed by atoms with Crippen LogP contribution in [0.5, 0.6) is 0 Å². The number of aliphatic hydroxyl groups is 2. The Balaban J connectivity index is -0.000000291. The zero-order valence-electron chi connectivity index (χ0n) is 15.9. The maximum absolute atomic E-state index is 10.2. The molecule has 0 amide bonds. The lowest BCUT2D eigenvalue weighted by molar-refractivity contribution is -0.141. The van der Waals surface area contributed by atoms with Crippen LogP contribution in [-0.4, -0.2) is 75.6 Å². The lowest BCUT2D eigenvalue weighted by atomic mass is 10.3. The van der Waals surface area contributed by atoms with Crippen LogP contribution in [0.3, 0.4) is 0 Å². The number of esters is 1. The highest BCUT2D eigenvalue weighted by atomic mass is 16.5. The molecule has 0 aliphatic heterocycles. The van der Waals surface area contributed by atoms with Crippen LogP contribution in [0.1, 0.15) is 47.0 Å². The average molecular weight is 354 g/mol. The summed E-state index contributed by atoms with van der Waals surface area (Å²) in [5, 5.41) is 16.5. The minimum Gasteiger partial charge on any atom is -0.466 e. The SMILES string of the molecule is CCCCCOC(C)=O.CCOCC.OCCOCCOCCO. The number of rotatable bonds is 13. The fourth-order valence-corrected chi connectivity index (χ4v) is 1.22. The van der Waals surface area contributed by atoms with E-state index in [2.05, 4.69) is 6.92 Å². The van der Waals surface area contributed by atoms with Gasteiger partial charge in [-0.15, -0.1) is 0 Å². The van der Waals surface area contributed by atoms with Crippen molar-refractivity contribution in [2.24, 2.45) is 0 Å². The normalized spacial score (nSPS) is 9.42. The molecule has 0 spiro atoms. The van der Waals surface area contributed by atoms with Crippen LogP contribution in [-0.2, 0) is 23.7 Å². The Labute approximate surface area is 147 Å². The van der Waals surface area contributed by atoms with Gasteiger partial charge in [-0.3, -0.25) is 4.79 Å². The first-order valence-corrected chi connectivity index (χ1v) is 8.68. The van der Waals surface area contributed by atoms with Crippen LogP contribution in [0.25, 0.3) is 0 Å². The van der Waals surface area contributed by atoms with E-state index in [4.69, 9.17) is 29.2 Å². The lowest BCUT2D eigenvalue weighted by Gasteiger charge is -2.01. The first-order valence-electron chi connectivity index (χ1n) is 8.68. The number of aliphatic hydroxyl groups excluding tert-OH is 2. The summed E-state index contributed by atoms with van der Waals surface area (Å²) in [6.07, 6.45) is 3.31. The maximum Gasteiger partial charge on any atom is 0.302 e. The van der Waals surface area contributed by atoms with Gasteiger partial charge < -0.3 is 29.2 Å². The molecule has 2 N–H and O–H groups in total. The fourth-order valence-electron chi connectivity index (χ4n) is 1.22. The highest BCUT2D eigenvalue weighted by Gasteiger charge is 1.90. The van der Waals surface area contributed by atoms with Crippen LogP contribution in [0.15, 0.2) is 0 Å². The van der Waals surface area contributed by atoms with E-state index in [1.54, 1.807) is 0 Å². The van der Waals surface area contributed by atoms with Crippen molar-refractivity contribution >= 4 is 5.97 Å². The molecule has 0 atom stereocenters. The maximum atomic E-state index is 10.2. The van der Waals surface area contributed by atoms with Crippen molar-refractivity contribution in [1.82, 2.24) is 0 Å². The molecule has 0 radical (unpaired) electrons. The van der Waals surface area contributed by atoms with Crippen molar-refractivity contribution in [2.45, 2.75) is 47.0 Å². The number of carbonyl (C=O) groups excluding carboxylic acids is 1. The third-order valence-corrected chi connectivity index (χ3v) is 2.30. The minimum absolute atomic E-state index is 0.0417. The molecule has 7 heteroatoms. The van der Waals surface area contributed by atoms with Gasteiger partial charge in [0.15, 0.2) is 0 Å². The van der Waals surface area contributed by atoms with Gasteiger partial charge in [-0.05, 0) is 20.3 Å². The molecular weight excluding hydrogens is 316 g/mol. The number of hydrogen-bond acceptors (Lipinski definition) is 7. The molecule has 0 heterocycles. The predicted octanol–water partition coefficient (Wildman–Crippen LogP) is 1.79. The van der Waals surface area contributed by atoms with Crippen molar-refractivity contribution < 1.29 is 34.0 Å². The van der Waals surface area contributed by atoms with E-state index in [1.807, 2.05) is 13.8 Å².